The van der Waals surface area contributed by atoms with E-state index in [0.717, 1.165) is 82.3 Å². The van der Waals surface area contributed by atoms with E-state index < -0.39 is 6.85 Å². The lowest BCUT2D eigenvalue weighted by molar-refractivity contribution is 0.332. The van der Waals surface area contributed by atoms with Crippen LogP contribution in [-0.2, 0) is 21.7 Å². The molecule has 2 aliphatic heterocycles. The maximum absolute atomic E-state index is 9.25. The predicted octanol–water partition coefficient (Wildman–Crippen LogP) is 16.6. The van der Waals surface area contributed by atoms with Crippen LogP contribution >= 0.6 is 11.3 Å². The van der Waals surface area contributed by atoms with Crippen LogP contribution in [0.4, 0.5) is 51.2 Å². The van der Waals surface area contributed by atoms with Crippen molar-refractivity contribution in [1.29, 1.82) is 0 Å². The number of fused-ring (bicyclic) bond motifs is 9. The van der Waals surface area contributed by atoms with E-state index in [1.165, 1.54) is 53.4 Å². The first kappa shape index (κ1) is 40.2. The minimum absolute atomic E-state index is 0.0326. The van der Waals surface area contributed by atoms with Crippen LogP contribution in [0.3, 0.4) is 0 Å². The van der Waals surface area contributed by atoms with Crippen molar-refractivity contribution < 1.29 is 4.11 Å². The lowest BCUT2D eigenvalue weighted by Gasteiger charge is -2.48. The van der Waals surface area contributed by atoms with Crippen LogP contribution < -0.4 is 31.1 Å². The van der Waals surface area contributed by atoms with Crippen LogP contribution in [0.15, 0.2) is 164 Å². The summed E-state index contributed by atoms with van der Waals surface area (Å²) < 4.78 is 30.2. The number of thiophene rings is 1. The van der Waals surface area contributed by atoms with Gasteiger partial charge in [-0.2, -0.15) is 0 Å². The zero-order chi connectivity index (χ0) is 50.6. The van der Waals surface area contributed by atoms with E-state index in [1.807, 2.05) is 23.5 Å². The normalized spacial score (nSPS) is 18.5. The highest BCUT2D eigenvalue weighted by Crippen LogP contribution is 2.53. The first-order chi connectivity index (χ1) is 34.8. The Kier molecular flexibility index (Phi) is 8.74. The summed E-state index contributed by atoms with van der Waals surface area (Å²) in [6, 6.07) is 60.1. The largest absolute Gasteiger partial charge is 0.311 e. The maximum Gasteiger partial charge on any atom is 0.252 e. The molecule has 3 nitrogen and oxygen atoms in total. The summed E-state index contributed by atoms with van der Waals surface area (Å²) in [7, 11) is 0. The highest BCUT2D eigenvalue weighted by atomic mass is 32.1. The molecule has 0 spiro atoms. The summed E-state index contributed by atoms with van der Waals surface area (Å²) in [5.74, 6) is 0. The number of para-hydroxylation sites is 2. The zero-order valence-corrected chi connectivity index (χ0v) is 42.6. The van der Waals surface area contributed by atoms with Crippen molar-refractivity contribution in [3.63, 3.8) is 0 Å². The molecule has 0 N–H and O–H groups in total. The average Bonchev–Trinajstić information content (AvgIpc) is 3.75. The molecule has 0 saturated heterocycles. The molecule has 0 radical (unpaired) electrons. The Morgan fingerprint density at radius 1 is 0.443 bits per heavy atom. The lowest BCUT2D eigenvalue weighted by atomic mass is 9.33. The predicted molar refractivity (Wildman–Crippen MR) is 303 cm³/mol. The summed E-state index contributed by atoms with van der Waals surface area (Å²) in [6.45, 7) is 16.7. The van der Waals surface area contributed by atoms with Crippen molar-refractivity contribution in [1.82, 2.24) is 0 Å². The zero-order valence-electron chi connectivity index (χ0n) is 44.7. The second-order valence-corrected chi connectivity index (χ2v) is 24.4. The molecule has 4 aliphatic rings. The summed E-state index contributed by atoms with van der Waals surface area (Å²) >= 11 is 1.82. The van der Waals surface area contributed by atoms with Gasteiger partial charge >= 0.3 is 0 Å². The number of rotatable bonds is 5. The number of anilines is 9. The fourth-order valence-electron chi connectivity index (χ4n) is 12.9. The second-order valence-electron chi connectivity index (χ2n) is 23.3. The molecule has 9 aromatic rings. The number of benzene rings is 8. The van der Waals surface area contributed by atoms with Crippen molar-refractivity contribution in [2.45, 2.75) is 110 Å². The summed E-state index contributed by atoms with van der Waals surface area (Å²) in [6.07, 6.45) is 4.41. The van der Waals surface area contributed by atoms with Crippen LogP contribution in [0.1, 0.15) is 113 Å². The molecule has 0 unspecified atom stereocenters. The van der Waals surface area contributed by atoms with Gasteiger partial charge in [-0.3, -0.25) is 0 Å². The molecular weight excluding hydrogens is 866 g/mol. The molecule has 0 atom stereocenters. The maximum atomic E-state index is 9.25. The van der Waals surface area contributed by atoms with Gasteiger partial charge < -0.3 is 14.7 Å². The Bertz CT molecular complexity index is 3680. The number of hydrogen-bond acceptors (Lipinski definition) is 4. The van der Waals surface area contributed by atoms with Crippen LogP contribution in [0.25, 0.3) is 20.2 Å². The molecule has 0 saturated carbocycles. The molecule has 0 amide bonds. The monoisotopic (exact) mass is 930 g/mol. The van der Waals surface area contributed by atoms with Crippen molar-refractivity contribution in [3.8, 4) is 0 Å². The van der Waals surface area contributed by atoms with Gasteiger partial charge in [0.2, 0.25) is 0 Å². The third kappa shape index (κ3) is 6.53. The molecule has 5 heteroatoms. The van der Waals surface area contributed by atoms with Gasteiger partial charge in [0.15, 0.2) is 0 Å². The molecule has 13 rings (SSSR count). The molecule has 70 heavy (non-hydrogen) atoms. The van der Waals surface area contributed by atoms with Crippen molar-refractivity contribution >= 4 is 106 Å². The second kappa shape index (κ2) is 15.2. The van der Waals surface area contributed by atoms with Gasteiger partial charge in [0, 0.05) is 75.5 Å². The number of aryl methyl sites for hydroxylation is 1. The van der Waals surface area contributed by atoms with Crippen LogP contribution in [-0.4, -0.2) is 6.71 Å². The van der Waals surface area contributed by atoms with Gasteiger partial charge in [0.05, 0.1) is 0 Å². The van der Waals surface area contributed by atoms with Crippen molar-refractivity contribution in [2.24, 2.45) is 0 Å². The minimum Gasteiger partial charge on any atom is -0.311 e. The fourth-order valence-corrected chi connectivity index (χ4v) is 14.0. The number of nitrogens with zero attached hydrogens (tertiary/aromatic N) is 3. The topological polar surface area (TPSA) is 9.72 Å². The van der Waals surface area contributed by atoms with E-state index in [0.29, 0.717) is 5.56 Å². The van der Waals surface area contributed by atoms with Crippen LogP contribution in [0, 0.1) is 6.85 Å². The highest BCUT2D eigenvalue weighted by molar-refractivity contribution is 7.25. The summed E-state index contributed by atoms with van der Waals surface area (Å²) in [5.41, 5.74) is 18.6. The van der Waals surface area contributed by atoms with Crippen LogP contribution in [0.2, 0.25) is 0 Å². The van der Waals surface area contributed by atoms with E-state index >= 15 is 0 Å². The molecule has 8 aromatic carbocycles. The smallest absolute Gasteiger partial charge is 0.252 e. The van der Waals surface area contributed by atoms with Gasteiger partial charge in [-0.05, 0) is 189 Å². The standard InChI is InChI=1S/C65H62BN3S/c1-41-34-57-61-58(35-41)69(45-24-27-49-50(37-45)63(4,5)31-30-62(49,2)3)56-40-52-51(64(6,7)32-33-65(52,8)9)39-54(56)66(61)53-28-25-46(67(42-18-12-10-13-19-42)43-20-14-11-15-21-43)38-55(53)68(57)44-26-29-60-48(36-44)47-22-16-17-23-59(47)70-60/h10-29,34-40H,30-33H2,1-9H3/i1D3. The average molecular weight is 931 g/mol. The lowest BCUT2D eigenvalue weighted by Crippen LogP contribution is -2.62. The molecule has 3 heterocycles. The van der Waals surface area contributed by atoms with Gasteiger partial charge in [-0.15, -0.1) is 11.3 Å². The van der Waals surface area contributed by atoms with E-state index in [2.05, 4.69) is 222 Å². The SMILES string of the molecule is [2H]C([2H])([2H])c1cc2c3c(c1)N(c1ccc4c(c1)C(C)(C)CCC4(C)C)c1cc4c(cc1B3c1ccc(N(c3ccccc3)c3ccccc3)cc1N2c1ccc2sc3ccccc3c2c1)C(C)(C)CCC4(C)C. The highest BCUT2D eigenvalue weighted by Gasteiger charge is 2.47. The molecule has 1 aromatic heterocycles. The quantitative estimate of drug-likeness (QED) is 0.159. The van der Waals surface area contributed by atoms with E-state index in [4.69, 9.17) is 0 Å². The van der Waals surface area contributed by atoms with Crippen molar-refractivity contribution in [3.05, 3.63) is 192 Å². The van der Waals surface area contributed by atoms with Gasteiger partial charge in [0.25, 0.3) is 6.71 Å². The summed E-state index contributed by atoms with van der Waals surface area (Å²) in [5, 5.41) is 2.41. The third-order valence-corrected chi connectivity index (χ3v) is 18.2. The van der Waals surface area contributed by atoms with Gasteiger partial charge in [-0.25, -0.2) is 0 Å². The van der Waals surface area contributed by atoms with Gasteiger partial charge in [-0.1, -0.05) is 128 Å². The Labute approximate surface area is 423 Å². The first-order valence-corrected chi connectivity index (χ1v) is 26.2. The number of hydrogen-bond donors (Lipinski definition) is 0. The molecule has 0 fully saturated rings. The summed E-state index contributed by atoms with van der Waals surface area (Å²) in [4.78, 5) is 7.20. The third-order valence-electron chi connectivity index (χ3n) is 17.0. The molecule has 2 aliphatic carbocycles. The minimum atomic E-state index is -2.39. The van der Waals surface area contributed by atoms with E-state index in [1.54, 1.807) is 0 Å². The Hall–Kier alpha value is -6.56. The Morgan fingerprint density at radius 3 is 1.61 bits per heavy atom. The van der Waals surface area contributed by atoms with Crippen molar-refractivity contribution in [2.75, 3.05) is 14.7 Å². The van der Waals surface area contributed by atoms with E-state index in [9.17, 15) is 4.11 Å². The Balaban J connectivity index is 1.16. The van der Waals surface area contributed by atoms with Crippen LogP contribution in [0.5, 0.6) is 0 Å². The molecule has 346 valence electrons. The molecule has 0 bridgehead atoms. The Morgan fingerprint density at radius 2 is 0.971 bits per heavy atom. The fraction of sp³-hybridized carbons (Fsp3) is 0.262. The van der Waals surface area contributed by atoms with Gasteiger partial charge in [0.1, 0.15) is 0 Å². The molecular formula is C65H62BN3S. The van der Waals surface area contributed by atoms with E-state index in [-0.39, 0.29) is 28.4 Å². The first-order valence-electron chi connectivity index (χ1n) is 26.9.